The summed E-state index contributed by atoms with van der Waals surface area (Å²) in [6.45, 7) is 6.89. The van der Waals surface area contributed by atoms with Crippen molar-refractivity contribution in [2.75, 3.05) is 13.2 Å². The minimum Gasteiger partial charge on any atom is -0.508 e. The Morgan fingerprint density at radius 2 is 1.94 bits per heavy atom. The van der Waals surface area contributed by atoms with Gasteiger partial charge in [0.05, 0.1) is 23.7 Å². The maximum absolute atomic E-state index is 12.0. The quantitative estimate of drug-likeness (QED) is 0.451. The number of fused-ring (bicyclic) bond motifs is 1. The fourth-order valence-corrected chi connectivity index (χ4v) is 4.87. The summed E-state index contributed by atoms with van der Waals surface area (Å²) >= 11 is 0. The van der Waals surface area contributed by atoms with Crippen LogP contribution in [0.15, 0.2) is 42.6 Å². The lowest BCUT2D eigenvalue weighted by molar-refractivity contribution is -0.0366. The fraction of sp³-hybridized carbons (Fsp3) is 0.500. The number of alkyl carbamates (subject to hydrolysis) is 1. The molecular formula is C28H35N3O5. The molecular weight excluding hydrogens is 458 g/mol. The minimum absolute atomic E-state index is 0.0783. The maximum atomic E-state index is 12.0. The second-order valence-corrected chi connectivity index (χ2v) is 10.9. The van der Waals surface area contributed by atoms with E-state index < -0.39 is 5.60 Å². The van der Waals surface area contributed by atoms with E-state index in [0.717, 1.165) is 66.5 Å². The van der Waals surface area contributed by atoms with Crippen LogP contribution in [0.1, 0.15) is 59.1 Å². The molecule has 2 aromatic carbocycles. The van der Waals surface area contributed by atoms with Crippen LogP contribution in [0.25, 0.3) is 22.0 Å². The highest BCUT2D eigenvalue weighted by atomic mass is 16.6. The molecule has 1 unspecified atom stereocenters. The molecule has 36 heavy (non-hydrogen) atoms. The van der Waals surface area contributed by atoms with E-state index in [-0.39, 0.29) is 24.1 Å². The summed E-state index contributed by atoms with van der Waals surface area (Å²) in [5, 5.41) is 18.3. The first-order valence-electron chi connectivity index (χ1n) is 12.8. The zero-order chi connectivity index (χ0) is 25.3. The number of carbonyl (C=O) groups is 1. The van der Waals surface area contributed by atoms with Gasteiger partial charge >= 0.3 is 6.09 Å². The Morgan fingerprint density at radius 1 is 1.17 bits per heavy atom. The number of hydrogen-bond donors (Lipinski definition) is 2. The van der Waals surface area contributed by atoms with Crippen molar-refractivity contribution in [2.24, 2.45) is 5.92 Å². The number of rotatable bonds is 6. The number of phenols is 1. The largest absolute Gasteiger partial charge is 0.508 e. The Hall–Kier alpha value is -3.26. The van der Waals surface area contributed by atoms with Gasteiger partial charge in [-0.1, -0.05) is 12.1 Å². The number of aromatic nitrogens is 2. The predicted molar refractivity (Wildman–Crippen MR) is 137 cm³/mol. The Kier molecular flexibility index (Phi) is 6.79. The van der Waals surface area contributed by atoms with Crippen LogP contribution in [0.2, 0.25) is 0 Å². The molecule has 1 atom stereocenters. The number of aromatic hydroxyl groups is 1. The van der Waals surface area contributed by atoms with Crippen molar-refractivity contribution in [3.05, 3.63) is 42.6 Å². The minimum atomic E-state index is -0.503. The van der Waals surface area contributed by atoms with Crippen LogP contribution in [0.4, 0.5) is 4.79 Å². The standard InChI is InChI=1S/C28H35N3O5/c1-28(2,3)36-27(33)30-21-12-18(13-21)17-35-25-15-20(19-7-9-22(32)10-8-19)14-24-23(25)16-29-31(24)26-6-4-5-11-34-26/h7-10,14-16,18,21,26,32H,4-6,11-13,17H2,1-3H3,(H,30,33). The highest BCUT2D eigenvalue weighted by molar-refractivity contribution is 5.90. The molecule has 1 saturated carbocycles. The summed E-state index contributed by atoms with van der Waals surface area (Å²) in [4.78, 5) is 12.0. The molecule has 0 spiro atoms. The number of phenolic OH excluding ortho intramolecular Hbond substituents is 1. The van der Waals surface area contributed by atoms with Gasteiger partial charge in [-0.25, -0.2) is 9.48 Å². The first-order chi connectivity index (χ1) is 17.2. The van der Waals surface area contributed by atoms with Crippen LogP contribution in [-0.2, 0) is 9.47 Å². The molecule has 1 amide bonds. The highest BCUT2D eigenvalue weighted by Crippen LogP contribution is 2.37. The third-order valence-corrected chi connectivity index (χ3v) is 6.74. The molecule has 2 heterocycles. The van der Waals surface area contributed by atoms with E-state index in [9.17, 15) is 9.90 Å². The predicted octanol–water partition coefficient (Wildman–Crippen LogP) is 5.79. The van der Waals surface area contributed by atoms with Crippen molar-refractivity contribution in [3.8, 4) is 22.6 Å². The van der Waals surface area contributed by atoms with Crippen molar-refractivity contribution in [1.82, 2.24) is 15.1 Å². The fourth-order valence-electron chi connectivity index (χ4n) is 4.87. The lowest BCUT2D eigenvalue weighted by Gasteiger charge is -2.36. The van der Waals surface area contributed by atoms with E-state index in [1.54, 1.807) is 12.1 Å². The number of carbonyl (C=O) groups excluding carboxylic acids is 1. The Labute approximate surface area is 211 Å². The molecule has 3 aromatic rings. The topological polar surface area (TPSA) is 94.8 Å². The van der Waals surface area contributed by atoms with Crippen LogP contribution < -0.4 is 10.1 Å². The van der Waals surface area contributed by atoms with Gasteiger partial charge in [0.25, 0.3) is 0 Å². The molecule has 1 saturated heterocycles. The van der Waals surface area contributed by atoms with Gasteiger partial charge in [0, 0.05) is 12.6 Å². The zero-order valence-electron chi connectivity index (χ0n) is 21.2. The number of ether oxygens (including phenoxy) is 3. The van der Waals surface area contributed by atoms with Crippen LogP contribution >= 0.6 is 0 Å². The molecule has 5 rings (SSSR count). The third kappa shape index (κ3) is 5.59. The van der Waals surface area contributed by atoms with Gasteiger partial charge in [0.1, 0.15) is 17.1 Å². The third-order valence-electron chi connectivity index (χ3n) is 6.74. The summed E-state index contributed by atoms with van der Waals surface area (Å²) in [6.07, 6.45) is 6.26. The average Bonchev–Trinajstić information content (AvgIpc) is 3.24. The number of nitrogens with one attached hydrogen (secondary N) is 1. The molecule has 0 radical (unpaired) electrons. The molecule has 0 bridgehead atoms. The van der Waals surface area contributed by atoms with Gasteiger partial charge in [0.2, 0.25) is 0 Å². The van der Waals surface area contributed by atoms with Gasteiger partial charge in [-0.3, -0.25) is 0 Å². The number of nitrogens with zero attached hydrogens (tertiary/aromatic N) is 2. The molecule has 2 fully saturated rings. The zero-order valence-corrected chi connectivity index (χ0v) is 21.2. The van der Waals surface area contributed by atoms with Crippen molar-refractivity contribution >= 4 is 17.0 Å². The average molecular weight is 494 g/mol. The van der Waals surface area contributed by atoms with E-state index in [4.69, 9.17) is 14.2 Å². The van der Waals surface area contributed by atoms with E-state index in [1.165, 1.54) is 0 Å². The maximum Gasteiger partial charge on any atom is 0.407 e. The number of benzene rings is 2. The van der Waals surface area contributed by atoms with Crippen LogP contribution in [0, 0.1) is 5.92 Å². The summed E-state index contributed by atoms with van der Waals surface area (Å²) < 4.78 is 19.7. The Bertz CT molecular complexity index is 1200. The van der Waals surface area contributed by atoms with E-state index >= 15 is 0 Å². The molecule has 1 aliphatic carbocycles. The van der Waals surface area contributed by atoms with Gasteiger partial charge in [-0.15, -0.1) is 0 Å². The van der Waals surface area contributed by atoms with E-state index in [1.807, 2.05) is 49.8 Å². The van der Waals surface area contributed by atoms with E-state index in [0.29, 0.717) is 12.5 Å². The molecule has 2 N–H and O–H groups in total. The number of amides is 1. The van der Waals surface area contributed by atoms with Crippen LogP contribution in [0.3, 0.4) is 0 Å². The first-order valence-corrected chi connectivity index (χ1v) is 12.8. The molecule has 8 heteroatoms. The summed E-state index contributed by atoms with van der Waals surface area (Å²) in [5.74, 6) is 1.37. The molecule has 8 nitrogen and oxygen atoms in total. The lowest BCUT2D eigenvalue weighted by atomic mass is 9.81. The van der Waals surface area contributed by atoms with Crippen molar-refractivity contribution < 1.29 is 24.1 Å². The van der Waals surface area contributed by atoms with Crippen LogP contribution in [0.5, 0.6) is 11.5 Å². The number of hydrogen-bond acceptors (Lipinski definition) is 6. The molecule has 2 aliphatic rings. The van der Waals surface area contributed by atoms with Crippen molar-refractivity contribution in [1.29, 1.82) is 0 Å². The second-order valence-electron chi connectivity index (χ2n) is 10.9. The summed E-state index contributed by atoms with van der Waals surface area (Å²) in [6, 6.07) is 11.4. The Morgan fingerprint density at radius 3 is 2.64 bits per heavy atom. The first kappa shape index (κ1) is 24.4. The van der Waals surface area contributed by atoms with Crippen molar-refractivity contribution in [2.45, 2.75) is 70.7 Å². The monoisotopic (exact) mass is 493 g/mol. The molecule has 1 aromatic heterocycles. The van der Waals surface area contributed by atoms with Gasteiger partial charge in [-0.2, -0.15) is 5.10 Å². The molecule has 192 valence electrons. The van der Waals surface area contributed by atoms with E-state index in [2.05, 4.69) is 16.5 Å². The van der Waals surface area contributed by atoms with Crippen molar-refractivity contribution in [3.63, 3.8) is 0 Å². The highest BCUT2D eigenvalue weighted by Gasteiger charge is 2.32. The smallest absolute Gasteiger partial charge is 0.407 e. The molecule has 1 aliphatic heterocycles. The van der Waals surface area contributed by atoms with Gasteiger partial charge in [0.15, 0.2) is 6.23 Å². The lowest BCUT2D eigenvalue weighted by Crippen LogP contribution is -2.47. The van der Waals surface area contributed by atoms with Gasteiger partial charge in [-0.05, 0) is 94.2 Å². The van der Waals surface area contributed by atoms with Gasteiger partial charge < -0.3 is 24.6 Å². The normalized spacial score (nSPS) is 22.1. The van der Waals surface area contributed by atoms with Crippen LogP contribution in [-0.4, -0.2) is 45.8 Å². The summed E-state index contributed by atoms with van der Waals surface area (Å²) in [7, 11) is 0. The second kappa shape index (κ2) is 10.0. The SMILES string of the molecule is CC(C)(C)OC(=O)NC1CC(COc2cc(-c3ccc(O)cc3)cc3c2cnn3C2CCCCO2)C1. The summed E-state index contributed by atoms with van der Waals surface area (Å²) in [5.41, 5.74) is 2.45. The Balaban J connectivity index is 1.32.